The van der Waals surface area contributed by atoms with Crippen LogP contribution in [-0.4, -0.2) is 30.5 Å². The van der Waals surface area contributed by atoms with E-state index in [1.54, 1.807) is 18.2 Å². The molecule has 1 aliphatic heterocycles. The van der Waals surface area contributed by atoms with Crippen LogP contribution in [0.4, 0.5) is 17.1 Å². The third kappa shape index (κ3) is 5.20. The zero-order valence-corrected chi connectivity index (χ0v) is 15.2. The summed E-state index contributed by atoms with van der Waals surface area (Å²) in [5.74, 6) is -0.0929. The number of nitro benzene ring substituents is 1. The summed E-state index contributed by atoms with van der Waals surface area (Å²) >= 11 is 0. The van der Waals surface area contributed by atoms with Gasteiger partial charge in [-0.1, -0.05) is 24.3 Å². The van der Waals surface area contributed by atoms with Crippen LogP contribution in [0.25, 0.3) is 0 Å². The molecule has 27 heavy (non-hydrogen) atoms. The third-order valence-corrected chi connectivity index (χ3v) is 4.67. The number of benzene rings is 2. The van der Waals surface area contributed by atoms with Crippen LogP contribution in [-0.2, 0) is 11.3 Å². The Morgan fingerprint density at radius 1 is 1.07 bits per heavy atom. The second-order valence-electron chi connectivity index (χ2n) is 6.59. The zero-order valence-electron chi connectivity index (χ0n) is 15.2. The Kier molecular flexibility index (Phi) is 6.25. The minimum atomic E-state index is -0.436. The maximum Gasteiger partial charge on any atom is 0.292 e. The highest BCUT2D eigenvalue weighted by Gasteiger charge is 2.13. The van der Waals surface area contributed by atoms with E-state index in [9.17, 15) is 14.9 Å². The summed E-state index contributed by atoms with van der Waals surface area (Å²) in [4.78, 5) is 24.9. The minimum Gasteiger partial charge on any atom is -0.379 e. The highest BCUT2D eigenvalue weighted by atomic mass is 16.6. The SMILES string of the molecule is O=C(CCNc1ccccc1[N+](=O)[O-])NCc1ccc(N2CCCC2)cc1. The monoisotopic (exact) mass is 368 g/mol. The van der Waals surface area contributed by atoms with Crippen molar-refractivity contribution in [3.63, 3.8) is 0 Å². The number of hydrogen-bond donors (Lipinski definition) is 2. The molecular weight excluding hydrogens is 344 g/mol. The summed E-state index contributed by atoms with van der Waals surface area (Å²) in [5, 5.41) is 16.8. The lowest BCUT2D eigenvalue weighted by Gasteiger charge is -2.17. The number of nitro groups is 1. The number of nitrogens with zero attached hydrogens (tertiary/aromatic N) is 2. The maximum atomic E-state index is 12.0. The van der Waals surface area contributed by atoms with Crippen molar-refractivity contribution in [1.29, 1.82) is 0 Å². The molecule has 7 heteroatoms. The molecule has 2 aromatic rings. The first kappa shape index (κ1) is 18.7. The molecule has 1 aliphatic rings. The van der Waals surface area contributed by atoms with Crippen LogP contribution in [0.1, 0.15) is 24.8 Å². The molecule has 0 radical (unpaired) electrons. The standard InChI is InChI=1S/C20H24N4O3/c25-20(11-12-21-18-5-1-2-6-19(18)24(26)27)22-15-16-7-9-17(10-8-16)23-13-3-4-14-23/h1-2,5-10,21H,3-4,11-15H2,(H,22,25). The molecule has 0 saturated carbocycles. The second kappa shape index (κ2) is 9.02. The smallest absolute Gasteiger partial charge is 0.292 e. The molecule has 1 heterocycles. The van der Waals surface area contributed by atoms with Crippen molar-refractivity contribution in [1.82, 2.24) is 5.32 Å². The van der Waals surface area contributed by atoms with Gasteiger partial charge in [-0.15, -0.1) is 0 Å². The van der Waals surface area contributed by atoms with Crippen LogP contribution in [0.3, 0.4) is 0 Å². The molecule has 0 bridgehead atoms. The van der Waals surface area contributed by atoms with Gasteiger partial charge in [0.1, 0.15) is 5.69 Å². The van der Waals surface area contributed by atoms with E-state index in [1.807, 2.05) is 12.1 Å². The number of amides is 1. The lowest BCUT2D eigenvalue weighted by atomic mass is 10.2. The minimum absolute atomic E-state index is 0.0102. The van der Waals surface area contributed by atoms with E-state index in [1.165, 1.54) is 24.6 Å². The van der Waals surface area contributed by atoms with Crippen molar-refractivity contribution >= 4 is 23.0 Å². The fourth-order valence-corrected chi connectivity index (χ4v) is 3.18. The number of para-hydroxylation sites is 2. The molecule has 142 valence electrons. The molecule has 1 amide bonds. The van der Waals surface area contributed by atoms with E-state index >= 15 is 0 Å². The van der Waals surface area contributed by atoms with Crippen molar-refractivity contribution in [2.45, 2.75) is 25.8 Å². The molecule has 0 aliphatic carbocycles. The van der Waals surface area contributed by atoms with Gasteiger partial charge < -0.3 is 15.5 Å². The van der Waals surface area contributed by atoms with Gasteiger partial charge in [-0.3, -0.25) is 14.9 Å². The number of nitrogens with one attached hydrogen (secondary N) is 2. The number of rotatable bonds is 8. The molecule has 1 fully saturated rings. The van der Waals surface area contributed by atoms with E-state index in [-0.39, 0.29) is 18.0 Å². The fourth-order valence-electron chi connectivity index (χ4n) is 3.18. The molecule has 7 nitrogen and oxygen atoms in total. The van der Waals surface area contributed by atoms with Gasteiger partial charge in [-0.2, -0.15) is 0 Å². The quantitative estimate of drug-likeness (QED) is 0.551. The lowest BCUT2D eigenvalue weighted by molar-refractivity contribution is -0.384. The van der Waals surface area contributed by atoms with E-state index in [4.69, 9.17) is 0 Å². The molecule has 0 aromatic heterocycles. The Labute approximate surface area is 158 Å². The van der Waals surface area contributed by atoms with E-state index in [0.717, 1.165) is 18.7 Å². The highest BCUT2D eigenvalue weighted by Crippen LogP contribution is 2.23. The van der Waals surface area contributed by atoms with Gasteiger partial charge in [0.15, 0.2) is 0 Å². The Bertz CT molecular complexity index is 786. The second-order valence-corrected chi connectivity index (χ2v) is 6.59. The number of carbonyl (C=O) groups is 1. The molecule has 2 aromatic carbocycles. The van der Waals surface area contributed by atoms with Crippen molar-refractivity contribution in [3.05, 3.63) is 64.2 Å². The van der Waals surface area contributed by atoms with Crippen molar-refractivity contribution < 1.29 is 9.72 Å². The van der Waals surface area contributed by atoms with E-state index in [0.29, 0.717) is 18.8 Å². The Hall–Kier alpha value is -3.09. The number of carbonyl (C=O) groups excluding carboxylic acids is 1. The predicted molar refractivity (Wildman–Crippen MR) is 106 cm³/mol. The predicted octanol–water partition coefficient (Wildman–Crippen LogP) is 3.31. The van der Waals surface area contributed by atoms with Crippen LogP contribution in [0.15, 0.2) is 48.5 Å². The molecule has 2 N–H and O–H groups in total. The van der Waals surface area contributed by atoms with Crippen LogP contribution < -0.4 is 15.5 Å². The summed E-state index contributed by atoms with van der Waals surface area (Å²) in [5.41, 5.74) is 2.72. The van der Waals surface area contributed by atoms with Gasteiger partial charge in [0.25, 0.3) is 5.69 Å². The van der Waals surface area contributed by atoms with Crippen molar-refractivity contribution in [3.8, 4) is 0 Å². The summed E-state index contributed by atoms with van der Waals surface area (Å²) in [7, 11) is 0. The summed E-state index contributed by atoms with van der Waals surface area (Å²) < 4.78 is 0. The molecule has 0 unspecified atom stereocenters. The first-order valence-electron chi connectivity index (χ1n) is 9.21. The number of anilines is 2. The summed E-state index contributed by atoms with van der Waals surface area (Å²) in [6, 6.07) is 14.7. The van der Waals surface area contributed by atoms with Gasteiger partial charge in [0.05, 0.1) is 4.92 Å². The van der Waals surface area contributed by atoms with E-state index in [2.05, 4.69) is 27.7 Å². The van der Waals surface area contributed by atoms with Crippen LogP contribution in [0, 0.1) is 10.1 Å². The maximum absolute atomic E-state index is 12.0. The summed E-state index contributed by atoms with van der Waals surface area (Å²) in [6.07, 6.45) is 2.74. The average Bonchev–Trinajstić information content (AvgIpc) is 3.22. The molecule has 3 rings (SSSR count). The molecule has 1 saturated heterocycles. The van der Waals surface area contributed by atoms with Gasteiger partial charge >= 0.3 is 0 Å². The first-order chi connectivity index (χ1) is 13.1. The molecule has 0 spiro atoms. The zero-order chi connectivity index (χ0) is 19.1. The highest BCUT2D eigenvalue weighted by molar-refractivity contribution is 5.76. The Morgan fingerprint density at radius 3 is 2.48 bits per heavy atom. The van der Waals surface area contributed by atoms with Crippen LogP contribution in [0.5, 0.6) is 0 Å². The van der Waals surface area contributed by atoms with Crippen molar-refractivity contribution in [2.24, 2.45) is 0 Å². The van der Waals surface area contributed by atoms with Crippen LogP contribution >= 0.6 is 0 Å². The fraction of sp³-hybridized carbons (Fsp3) is 0.350. The van der Waals surface area contributed by atoms with Gasteiger partial charge in [0, 0.05) is 44.4 Å². The number of hydrogen-bond acceptors (Lipinski definition) is 5. The largest absolute Gasteiger partial charge is 0.379 e. The Balaban J connectivity index is 1.41. The van der Waals surface area contributed by atoms with Gasteiger partial charge in [-0.05, 0) is 36.6 Å². The average molecular weight is 368 g/mol. The molecular formula is C20H24N4O3. The molecule has 0 atom stereocenters. The van der Waals surface area contributed by atoms with Crippen molar-refractivity contribution in [2.75, 3.05) is 29.9 Å². The first-order valence-corrected chi connectivity index (χ1v) is 9.21. The lowest BCUT2D eigenvalue weighted by Crippen LogP contribution is -2.25. The third-order valence-electron chi connectivity index (χ3n) is 4.67. The van der Waals surface area contributed by atoms with Gasteiger partial charge in [-0.25, -0.2) is 0 Å². The normalized spacial score (nSPS) is 13.4. The topological polar surface area (TPSA) is 87.5 Å². The van der Waals surface area contributed by atoms with E-state index < -0.39 is 4.92 Å². The Morgan fingerprint density at radius 2 is 1.78 bits per heavy atom. The van der Waals surface area contributed by atoms with Gasteiger partial charge in [0.2, 0.25) is 5.91 Å². The van der Waals surface area contributed by atoms with Crippen LogP contribution in [0.2, 0.25) is 0 Å². The summed E-state index contributed by atoms with van der Waals surface area (Å²) in [6.45, 7) is 3.04.